The number of hydrogen-bond donors (Lipinski definition) is 1. The van der Waals surface area contributed by atoms with Crippen molar-refractivity contribution in [3.8, 4) is 0 Å². The average Bonchev–Trinajstić information content (AvgIpc) is 2.03. The molecule has 1 aliphatic heterocycles. The van der Waals surface area contributed by atoms with Gasteiger partial charge in [-0.05, 0) is 12.8 Å². The molecule has 3 nitrogen and oxygen atoms in total. The molecule has 3 heteroatoms. The standard InChI is InChI=1S/C8H15NO2/c1-9-5-3-4-7(6-9)8(10)11-2/h7H,3-6H2,1-2H3/p+1/t7-/m1/s1. The number of hydrogen-bond acceptors (Lipinski definition) is 2. The Labute approximate surface area is 67.3 Å². The number of nitrogens with one attached hydrogen (secondary N) is 1. The van der Waals surface area contributed by atoms with Gasteiger partial charge in [0.25, 0.3) is 0 Å². The third kappa shape index (κ3) is 2.19. The van der Waals surface area contributed by atoms with Crippen LogP contribution in [0.5, 0.6) is 0 Å². The fraction of sp³-hybridized carbons (Fsp3) is 0.875. The summed E-state index contributed by atoms with van der Waals surface area (Å²) in [6.07, 6.45) is 2.15. The Balaban J connectivity index is 2.39. The van der Waals surface area contributed by atoms with Gasteiger partial charge >= 0.3 is 5.97 Å². The van der Waals surface area contributed by atoms with Crippen molar-refractivity contribution in [2.45, 2.75) is 12.8 Å². The lowest BCUT2D eigenvalue weighted by Crippen LogP contribution is -3.10. The third-order valence-electron chi connectivity index (χ3n) is 2.29. The normalized spacial score (nSPS) is 31.5. The smallest absolute Gasteiger partial charge is 0.314 e. The summed E-state index contributed by atoms with van der Waals surface area (Å²) in [4.78, 5) is 12.5. The lowest BCUT2D eigenvalue weighted by Gasteiger charge is -2.24. The van der Waals surface area contributed by atoms with Crippen LogP contribution in [0.4, 0.5) is 0 Å². The number of esters is 1. The molecule has 1 N–H and O–H groups in total. The van der Waals surface area contributed by atoms with Crippen molar-refractivity contribution in [1.29, 1.82) is 0 Å². The summed E-state index contributed by atoms with van der Waals surface area (Å²) in [5.41, 5.74) is 0. The molecule has 0 aromatic carbocycles. The minimum absolute atomic E-state index is 0.0379. The molecule has 1 heterocycles. The first-order valence-corrected chi connectivity index (χ1v) is 4.13. The van der Waals surface area contributed by atoms with Gasteiger partial charge < -0.3 is 9.64 Å². The zero-order valence-electron chi connectivity index (χ0n) is 7.22. The molecular formula is C8H16NO2+. The fourth-order valence-corrected chi connectivity index (χ4v) is 1.64. The van der Waals surface area contributed by atoms with Crippen LogP contribution in [0.1, 0.15) is 12.8 Å². The number of carbonyl (C=O) groups excluding carboxylic acids is 1. The Morgan fingerprint density at radius 3 is 2.91 bits per heavy atom. The highest BCUT2D eigenvalue weighted by atomic mass is 16.5. The maximum absolute atomic E-state index is 11.1. The largest absolute Gasteiger partial charge is 0.469 e. The zero-order valence-corrected chi connectivity index (χ0v) is 7.22. The molecule has 1 fully saturated rings. The Hall–Kier alpha value is -0.570. The lowest BCUT2D eigenvalue weighted by atomic mass is 9.99. The predicted molar refractivity (Wildman–Crippen MR) is 41.4 cm³/mol. The summed E-state index contributed by atoms with van der Waals surface area (Å²) in [6.45, 7) is 2.13. The Bertz CT molecular complexity index is 147. The van der Waals surface area contributed by atoms with Gasteiger partial charge in [-0.2, -0.15) is 0 Å². The van der Waals surface area contributed by atoms with Crippen LogP contribution in [0.3, 0.4) is 0 Å². The van der Waals surface area contributed by atoms with Crippen LogP contribution in [-0.2, 0) is 9.53 Å². The van der Waals surface area contributed by atoms with E-state index in [1.54, 1.807) is 0 Å². The summed E-state index contributed by atoms with van der Waals surface area (Å²) in [7, 11) is 3.58. The van der Waals surface area contributed by atoms with Gasteiger partial charge in [0.2, 0.25) is 0 Å². The SMILES string of the molecule is COC(=O)[C@@H]1CCC[NH+](C)C1. The van der Waals surface area contributed by atoms with Gasteiger partial charge in [0.05, 0.1) is 27.2 Å². The van der Waals surface area contributed by atoms with Gasteiger partial charge in [0.1, 0.15) is 5.92 Å². The molecule has 1 saturated heterocycles. The molecule has 2 atom stereocenters. The van der Waals surface area contributed by atoms with Gasteiger partial charge in [-0.1, -0.05) is 0 Å². The maximum Gasteiger partial charge on any atom is 0.314 e. The Morgan fingerprint density at radius 2 is 2.36 bits per heavy atom. The molecule has 0 amide bonds. The highest BCUT2D eigenvalue weighted by Crippen LogP contribution is 2.08. The molecule has 1 unspecified atom stereocenters. The number of quaternary nitrogens is 1. The molecular weight excluding hydrogens is 142 g/mol. The summed E-state index contributed by atoms with van der Waals surface area (Å²) >= 11 is 0. The van der Waals surface area contributed by atoms with Gasteiger partial charge in [-0.3, -0.25) is 4.79 Å². The van der Waals surface area contributed by atoms with Crippen LogP contribution in [-0.4, -0.2) is 33.2 Å². The van der Waals surface area contributed by atoms with Crippen LogP contribution in [0, 0.1) is 5.92 Å². The van der Waals surface area contributed by atoms with E-state index in [1.807, 2.05) is 0 Å². The van der Waals surface area contributed by atoms with E-state index in [2.05, 4.69) is 11.8 Å². The van der Waals surface area contributed by atoms with Crippen molar-refractivity contribution in [3.05, 3.63) is 0 Å². The molecule has 0 spiro atoms. The highest BCUT2D eigenvalue weighted by molar-refractivity contribution is 5.72. The van der Waals surface area contributed by atoms with Crippen molar-refractivity contribution in [2.24, 2.45) is 5.92 Å². The van der Waals surface area contributed by atoms with E-state index in [0.29, 0.717) is 0 Å². The topological polar surface area (TPSA) is 30.7 Å². The maximum atomic E-state index is 11.1. The number of ether oxygens (including phenoxy) is 1. The molecule has 0 saturated carbocycles. The molecule has 0 aliphatic carbocycles. The second kappa shape index (κ2) is 3.72. The Kier molecular flexibility index (Phi) is 2.88. The van der Waals surface area contributed by atoms with Crippen LogP contribution in [0.25, 0.3) is 0 Å². The molecule has 0 aromatic rings. The molecule has 1 aliphatic rings. The fourth-order valence-electron chi connectivity index (χ4n) is 1.64. The molecule has 11 heavy (non-hydrogen) atoms. The lowest BCUT2D eigenvalue weighted by molar-refractivity contribution is -0.887. The summed E-state index contributed by atoms with van der Waals surface area (Å²) in [5, 5.41) is 0. The van der Waals surface area contributed by atoms with Crippen molar-refractivity contribution < 1.29 is 14.4 Å². The monoisotopic (exact) mass is 158 g/mol. The predicted octanol–water partition coefficient (Wildman–Crippen LogP) is -0.916. The first kappa shape index (κ1) is 8.53. The van der Waals surface area contributed by atoms with E-state index in [4.69, 9.17) is 0 Å². The summed E-state index contributed by atoms with van der Waals surface area (Å²) < 4.78 is 4.69. The third-order valence-corrected chi connectivity index (χ3v) is 2.29. The number of methoxy groups -OCH3 is 1. The second-order valence-electron chi connectivity index (χ2n) is 3.27. The average molecular weight is 158 g/mol. The second-order valence-corrected chi connectivity index (χ2v) is 3.27. The van der Waals surface area contributed by atoms with E-state index in [9.17, 15) is 4.79 Å². The number of piperidine rings is 1. The first-order valence-electron chi connectivity index (χ1n) is 4.13. The number of carbonyl (C=O) groups is 1. The van der Waals surface area contributed by atoms with E-state index in [1.165, 1.54) is 18.6 Å². The van der Waals surface area contributed by atoms with E-state index in [0.717, 1.165) is 19.4 Å². The molecule has 0 radical (unpaired) electrons. The Morgan fingerprint density at radius 1 is 1.64 bits per heavy atom. The number of likely N-dealkylation sites (tertiary alicyclic amines) is 1. The van der Waals surface area contributed by atoms with Gasteiger partial charge in [0, 0.05) is 0 Å². The van der Waals surface area contributed by atoms with Crippen LogP contribution in [0.15, 0.2) is 0 Å². The molecule has 0 aromatic heterocycles. The van der Waals surface area contributed by atoms with Crippen molar-refractivity contribution in [1.82, 2.24) is 0 Å². The van der Waals surface area contributed by atoms with E-state index >= 15 is 0 Å². The molecule has 0 bridgehead atoms. The van der Waals surface area contributed by atoms with Crippen LogP contribution < -0.4 is 4.90 Å². The van der Waals surface area contributed by atoms with E-state index in [-0.39, 0.29) is 11.9 Å². The minimum Gasteiger partial charge on any atom is -0.469 e. The van der Waals surface area contributed by atoms with Crippen molar-refractivity contribution in [3.63, 3.8) is 0 Å². The quantitative estimate of drug-likeness (QED) is 0.501. The first-order chi connectivity index (χ1) is 5.24. The summed E-state index contributed by atoms with van der Waals surface area (Å²) in [6, 6.07) is 0. The van der Waals surface area contributed by atoms with Gasteiger partial charge in [0.15, 0.2) is 0 Å². The minimum atomic E-state index is -0.0379. The van der Waals surface area contributed by atoms with Crippen LogP contribution >= 0.6 is 0 Å². The highest BCUT2D eigenvalue weighted by Gasteiger charge is 2.26. The number of rotatable bonds is 1. The molecule has 64 valence electrons. The molecule has 1 rings (SSSR count). The summed E-state index contributed by atoms with van der Waals surface area (Å²) in [5.74, 6) is 0.109. The zero-order chi connectivity index (χ0) is 8.27. The van der Waals surface area contributed by atoms with Crippen molar-refractivity contribution in [2.75, 3.05) is 27.2 Å². The van der Waals surface area contributed by atoms with Crippen LogP contribution in [0.2, 0.25) is 0 Å². The van der Waals surface area contributed by atoms with Gasteiger partial charge in [-0.15, -0.1) is 0 Å². The van der Waals surface area contributed by atoms with Crippen molar-refractivity contribution >= 4 is 5.97 Å². The van der Waals surface area contributed by atoms with Gasteiger partial charge in [-0.25, -0.2) is 0 Å². The van der Waals surface area contributed by atoms with E-state index < -0.39 is 0 Å².